The number of benzene rings is 3. The second kappa shape index (κ2) is 11.2. The summed E-state index contributed by atoms with van der Waals surface area (Å²) in [6.45, 7) is 3.87. The molecule has 33 heavy (non-hydrogen) atoms. The van der Waals surface area contributed by atoms with Crippen LogP contribution in [0.2, 0.25) is 5.02 Å². The highest BCUT2D eigenvalue weighted by Gasteiger charge is 2.32. The number of hydrogen-bond acceptors (Lipinski definition) is 4. The van der Waals surface area contributed by atoms with E-state index in [-0.39, 0.29) is 18.3 Å². The summed E-state index contributed by atoms with van der Waals surface area (Å²) in [5, 5.41) is 0.574. The SMILES string of the molecule is CC(=O)OC(C(=O)N1CCN(c2ccccc2)CC1)c1ccccc1-c1ccccc1Cl.Cl. The summed E-state index contributed by atoms with van der Waals surface area (Å²) in [6, 6.07) is 25.0. The maximum absolute atomic E-state index is 13.5. The van der Waals surface area contributed by atoms with Crippen LogP contribution < -0.4 is 4.90 Å². The number of amides is 1. The Hall–Kier alpha value is -3.02. The van der Waals surface area contributed by atoms with Gasteiger partial charge in [-0.1, -0.05) is 72.3 Å². The van der Waals surface area contributed by atoms with Crippen LogP contribution in [-0.4, -0.2) is 43.0 Å². The highest BCUT2D eigenvalue weighted by Crippen LogP contribution is 2.35. The molecule has 3 aromatic rings. The molecule has 0 bridgehead atoms. The van der Waals surface area contributed by atoms with Gasteiger partial charge in [-0.3, -0.25) is 9.59 Å². The van der Waals surface area contributed by atoms with Crippen LogP contribution in [0.3, 0.4) is 0 Å². The third kappa shape index (κ3) is 5.67. The number of halogens is 2. The number of carbonyl (C=O) groups is 2. The Labute approximate surface area is 205 Å². The summed E-state index contributed by atoms with van der Waals surface area (Å²) >= 11 is 6.44. The molecular formula is C26H26Cl2N2O3. The molecule has 7 heteroatoms. The Morgan fingerprint density at radius 3 is 2.03 bits per heavy atom. The average Bonchev–Trinajstić information content (AvgIpc) is 2.83. The number of anilines is 1. The molecule has 0 aromatic heterocycles. The molecule has 0 spiro atoms. The van der Waals surface area contributed by atoms with Crippen molar-refractivity contribution in [2.75, 3.05) is 31.1 Å². The lowest BCUT2D eigenvalue weighted by molar-refractivity contribution is -0.159. The maximum Gasteiger partial charge on any atom is 0.303 e. The van der Waals surface area contributed by atoms with Crippen molar-refractivity contribution in [1.82, 2.24) is 4.90 Å². The zero-order valence-corrected chi connectivity index (χ0v) is 19.9. The number of ether oxygens (including phenoxy) is 1. The van der Waals surface area contributed by atoms with Gasteiger partial charge in [0.15, 0.2) is 0 Å². The van der Waals surface area contributed by atoms with Crippen LogP contribution in [0.15, 0.2) is 78.9 Å². The van der Waals surface area contributed by atoms with Crippen molar-refractivity contribution in [3.63, 3.8) is 0 Å². The van der Waals surface area contributed by atoms with Gasteiger partial charge in [0.25, 0.3) is 5.91 Å². The third-order valence-corrected chi connectivity index (χ3v) is 5.96. The molecule has 1 saturated heterocycles. The molecule has 0 radical (unpaired) electrons. The highest BCUT2D eigenvalue weighted by atomic mass is 35.5. The molecule has 1 amide bonds. The van der Waals surface area contributed by atoms with E-state index in [1.165, 1.54) is 6.92 Å². The molecule has 1 atom stereocenters. The highest BCUT2D eigenvalue weighted by molar-refractivity contribution is 6.33. The van der Waals surface area contributed by atoms with E-state index in [1.54, 1.807) is 11.0 Å². The Morgan fingerprint density at radius 1 is 0.818 bits per heavy atom. The van der Waals surface area contributed by atoms with Crippen molar-refractivity contribution < 1.29 is 14.3 Å². The fourth-order valence-electron chi connectivity index (χ4n) is 4.05. The van der Waals surface area contributed by atoms with E-state index in [0.717, 1.165) is 16.8 Å². The molecule has 0 N–H and O–H groups in total. The minimum atomic E-state index is -1.02. The fraction of sp³-hybridized carbons (Fsp3) is 0.231. The zero-order chi connectivity index (χ0) is 22.5. The van der Waals surface area contributed by atoms with Gasteiger partial charge in [-0.25, -0.2) is 0 Å². The van der Waals surface area contributed by atoms with Crippen molar-refractivity contribution in [1.29, 1.82) is 0 Å². The van der Waals surface area contributed by atoms with Crippen LogP contribution in [0.5, 0.6) is 0 Å². The molecule has 3 aromatic carbocycles. The van der Waals surface area contributed by atoms with E-state index in [0.29, 0.717) is 36.8 Å². The van der Waals surface area contributed by atoms with Crippen LogP contribution in [0.25, 0.3) is 11.1 Å². The number of carbonyl (C=O) groups excluding carboxylic acids is 2. The molecule has 1 unspecified atom stereocenters. The molecule has 5 nitrogen and oxygen atoms in total. The number of piperazine rings is 1. The van der Waals surface area contributed by atoms with Crippen molar-refractivity contribution >= 4 is 41.6 Å². The third-order valence-electron chi connectivity index (χ3n) is 5.63. The predicted octanol–water partition coefficient (Wildman–Crippen LogP) is 5.38. The van der Waals surface area contributed by atoms with E-state index < -0.39 is 12.1 Å². The van der Waals surface area contributed by atoms with Crippen LogP contribution in [0.4, 0.5) is 5.69 Å². The normalized spacial score (nSPS) is 14.2. The van der Waals surface area contributed by atoms with E-state index in [9.17, 15) is 9.59 Å². The Balaban J connectivity index is 0.00000306. The fourth-order valence-corrected chi connectivity index (χ4v) is 4.29. The summed E-state index contributed by atoms with van der Waals surface area (Å²) in [5.74, 6) is -0.715. The predicted molar refractivity (Wildman–Crippen MR) is 134 cm³/mol. The summed E-state index contributed by atoms with van der Waals surface area (Å²) in [7, 11) is 0. The smallest absolute Gasteiger partial charge is 0.303 e. The van der Waals surface area contributed by atoms with Gasteiger partial charge in [0, 0.05) is 54.9 Å². The van der Waals surface area contributed by atoms with E-state index in [2.05, 4.69) is 17.0 Å². The first-order valence-electron chi connectivity index (χ1n) is 10.6. The first-order valence-corrected chi connectivity index (χ1v) is 11.0. The van der Waals surface area contributed by atoms with Gasteiger partial charge >= 0.3 is 5.97 Å². The van der Waals surface area contributed by atoms with E-state index in [1.807, 2.05) is 60.7 Å². The van der Waals surface area contributed by atoms with Crippen molar-refractivity contribution in [2.24, 2.45) is 0 Å². The molecular weight excluding hydrogens is 459 g/mol. The monoisotopic (exact) mass is 484 g/mol. The molecule has 1 aliphatic heterocycles. The van der Waals surface area contributed by atoms with Gasteiger partial charge in [-0.2, -0.15) is 0 Å². The van der Waals surface area contributed by atoms with Crippen LogP contribution in [0, 0.1) is 0 Å². The maximum atomic E-state index is 13.5. The van der Waals surface area contributed by atoms with E-state index >= 15 is 0 Å². The second-order valence-corrected chi connectivity index (χ2v) is 8.11. The molecule has 1 fully saturated rings. The minimum absolute atomic E-state index is 0. The number of hydrogen-bond donors (Lipinski definition) is 0. The van der Waals surface area contributed by atoms with Crippen LogP contribution >= 0.6 is 24.0 Å². The molecule has 0 saturated carbocycles. The van der Waals surface area contributed by atoms with Gasteiger partial charge in [0.05, 0.1) is 0 Å². The first-order chi connectivity index (χ1) is 15.5. The average molecular weight is 485 g/mol. The topological polar surface area (TPSA) is 49.9 Å². The lowest BCUT2D eigenvalue weighted by Gasteiger charge is -2.37. The van der Waals surface area contributed by atoms with Crippen molar-refractivity contribution in [2.45, 2.75) is 13.0 Å². The van der Waals surface area contributed by atoms with Crippen LogP contribution in [0.1, 0.15) is 18.6 Å². The number of nitrogens with zero attached hydrogens (tertiary/aromatic N) is 2. The standard InChI is InChI=1S/C26H25ClN2O3.ClH/c1-19(30)32-25(23-13-6-5-11-21(23)22-12-7-8-14-24(22)27)26(31)29-17-15-28(16-18-29)20-9-3-2-4-10-20;/h2-14,25H,15-18H2,1H3;1H. The number of esters is 1. The molecule has 0 aliphatic carbocycles. The molecule has 1 aliphatic rings. The summed E-state index contributed by atoms with van der Waals surface area (Å²) in [4.78, 5) is 29.5. The van der Waals surface area contributed by atoms with Gasteiger partial charge in [-0.15, -0.1) is 12.4 Å². The van der Waals surface area contributed by atoms with Gasteiger partial charge in [-0.05, 0) is 23.8 Å². The molecule has 4 rings (SSSR count). The lowest BCUT2D eigenvalue weighted by atomic mass is 9.95. The Kier molecular flexibility index (Phi) is 8.37. The summed E-state index contributed by atoms with van der Waals surface area (Å²) in [6.07, 6.45) is -1.02. The number of para-hydroxylation sites is 1. The Bertz CT molecular complexity index is 1100. The second-order valence-electron chi connectivity index (χ2n) is 7.70. The summed E-state index contributed by atoms with van der Waals surface area (Å²) in [5.41, 5.74) is 3.34. The first kappa shape index (κ1) is 24.6. The molecule has 172 valence electrons. The van der Waals surface area contributed by atoms with Gasteiger partial charge in [0.1, 0.15) is 0 Å². The Morgan fingerprint density at radius 2 is 1.39 bits per heavy atom. The van der Waals surface area contributed by atoms with Crippen molar-refractivity contribution in [3.05, 3.63) is 89.4 Å². The lowest BCUT2D eigenvalue weighted by Crippen LogP contribution is -2.50. The van der Waals surface area contributed by atoms with Gasteiger partial charge < -0.3 is 14.5 Å². The van der Waals surface area contributed by atoms with Crippen LogP contribution in [-0.2, 0) is 14.3 Å². The van der Waals surface area contributed by atoms with Crippen molar-refractivity contribution in [3.8, 4) is 11.1 Å². The summed E-state index contributed by atoms with van der Waals surface area (Å²) < 4.78 is 5.58. The quantitative estimate of drug-likeness (QED) is 0.456. The number of rotatable bonds is 5. The van der Waals surface area contributed by atoms with E-state index in [4.69, 9.17) is 16.3 Å². The largest absolute Gasteiger partial charge is 0.447 e. The molecule has 1 heterocycles. The minimum Gasteiger partial charge on any atom is -0.447 e. The van der Waals surface area contributed by atoms with Gasteiger partial charge in [0.2, 0.25) is 6.10 Å². The zero-order valence-electron chi connectivity index (χ0n) is 18.3.